The predicted octanol–water partition coefficient (Wildman–Crippen LogP) is 0.866. The highest BCUT2D eigenvalue weighted by molar-refractivity contribution is 6.02. The van der Waals surface area contributed by atoms with Crippen LogP contribution in [-0.4, -0.2) is 21.9 Å². The molecule has 0 saturated heterocycles. The third-order valence-electron chi connectivity index (χ3n) is 2.10. The van der Waals surface area contributed by atoms with Crippen LogP contribution in [0.4, 0.5) is 0 Å². The third-order valence-corrected chi connectivity index (χ3v) is 2.10. The molecule has 2 N–H and O–H groups in total. The van der Waals surface area contributed by atoms with Crippen molar-refractivity contribution in [1.82, 2.24) is 9.61 Å². The van der Waals surface area contributed by atoms with Crippen LogP contribution in [0.3, 0.4) is 0 Å². The molecule has 4 nitrogen and oxygen atoms in total. The van der Waals surface area contributed by atoms with Crippen molar-refractivity contribution in [3.8, 4) is 0 Å². The first kappa shape index (κ1) is 8.90. The summed E-state index contributed by atoms with van der Waals surface area (Å²) < 4.78 is 1.68. The second-order valence-electron chi connectivity index (χ2n) is 3.05. The van der Waals surface area contributed by atoms with Crippen molar-refractivity contribution in [2.75, 3.05) is 6.54 Å². The van der Waals surface area contributed by atoms with Gasteiger partial charge >= 0.3 is 0 Å². The van der Waals surface area contributed by atoms with Crippen LogP contribution in [-0.2, 0) is 0 Å². The number of hydrogen-bond acceptors (Lipinski definition) is 3. The van der Waals surface area contributed by atoms with Gasteiger partial charge in [0.15, 0.2) is 5.78 Å². The van der Waals surface area contributed by atoms with Gasteiger partial charge in [0.2, 0.25) is 0 Å². The number of ketones is 1. The molecule has 14 heavy (non-hydrogen) atoms. The van der Waals surface area contributed by atoms with E-state index in [4.69, 9.17) is 5.73 Å². The minimum atomic E-state index is 0.0497. The highest BCUT2D eigenvalue weighted by Gasteiger charge is 2.10. The van der Waals surface area contributed by atoms with Gasteiger partial charge in [-0.05, 0) is 18.7 Å². The van der Waals surface area contributed by atoms with Crippen molar-refractivity contribution in [2.24, 2.45) is 5.73 Å². The normalized spacial score (nSPS) is 10.6. The van der Waals surface area contributed by atoms with Crippen LogP contribution in [0.15, 0.2) is 30.6 Å². The smallest absolute Gasteiger partial charge is 0.167 e. The van der Waals surface area contributed by atoms with Gasteiger partial charge in [0.25, 0.3) is 0 Å². The van der Waals surface area contributed by atoms with E-state index in [9.17, 15) is 4.79 Å². The van der Waals surface area contributed by atoms with Crippen LogP contribution in [0.25, 0.3) is 5.52 Å². The van der Waals surface area contributed by atoms with Gasteiger partial charge in [-0.1, -0.05) is 6.07 Å². The molecule has 0 aromatic carbocycles. The molecule has 0 bridgehead atoms. The molecule has 0 aliphatic heterocycles. The lowest BCUT2D eigenvalue weighted by atomic mass is 10.1. The summed E-state index contributed by atoms with van der Waals surface area (Å²) in [6, 6.07) is 5.63. The zero-order chi connectivity index (χ0) is 9.97. The lowest BCUT2D eigenvalue weighted by Gasteiger charge is -1.95. The minimum Gasteiger partial charge on any atom is -0.330 e. The van der Waals surface area contributed by atoms with Crippen molar-refractivity contribution in [3.05, 3.63) is 36.2 Å². The first-order valence-electron chi connectivity index (χ1n) is 4.48. The van der Waals surface area contributed by atoms with Crippen molar-refractivity contribution in [1.29, 1.82) is 0 Å². The molecule has 4 heteroatoms. The molecule has 72 valence electrons. The number of carbonyl (C=O) groups is 1. The van der Waals surface area contributed by atoms with Gasteiger partial charge < -0.3 is 5.73 Å². The highest BCUT2D eigenvalue weighted by atomic mass is 16.1. The Kier molecular flexibility index (Phi) is 2.28. The van der Waals surface area contributed by atoms with Crippen molar-refractivity contribution >= 4 is 11.3 Å². The zero-order valence-electron chi connectivity index (χ0n) is 7.68. The average molecular weight is 189 g/mol. The predicted molar refractivity (Wildman–Crippen MR) is 53.2 cm³/mol. The number of fused-ring (bicyclic) bond motifs is 1. The first-order chi connectivity index (χ1) is 6.83. The van der Waals surface area contributed by atoms with E-state index in [1.165, 1.54) is 0 Å². The van der Waals surface area contributed by atoms with Gasteiger partial charge in [-0.25, -0.2) is 4.52 Å². The second kappa shape index (κ2) is 3.59. The van der Waals surface area contributed by atoms with E-state index in [0.717, 1.165) is 5.52 Å². The molecule has 0 unspecified atom stereocenters. The molecular weight excluding hydrogens is 178 g/mol. The Hall–Kier alpha value is -1.68. The summed E-state index contributed by atoms with van der Waals surface area (Å²) in [7, 11) is 0. The summed E-state index contributed by atoms with van der Waals surface area (Å²) in [5.74, 6) is 0.0497. The lowest BCUT2D eigenvalue weighted by Crippen LogP contribution is -2.07. The van der Waals surface area contributed by atoms with Crippen LogP contribution < -0.4 is 5.73 Å². The molecule has 0 amide bonds. The van der Waals surface area contributed by atoms with E-state index in [1.807, 2.05) is 24.4 Å². The molecule has 0 aliphatic rings. The molecule has 2 rings (SSSR count). The summed E-state index contributed by atoms with van der Waals surface area (Å²) in [6.07, 6.45) is 3.78. The summed E-state index contributed by atoms with van der Waals surface area (Å²) in [4.78, 5) is 11.6. The Labute approximate surface area is 81.3 Å². The third kappa shape index (κ3) is 1.40. The quantitative estimate of drug-likeness (QED) is 0.728. The Morgan fingerprint density at radius 3 is 3.14 bits per heavy atom. The number of rotatable bonds is 3. The molecule has 2 heterocycles. The number of aromatic nitrogens is 2. The van der Waals surface area contributed by atoms with Crippen LogP contribution in [0.2, 0.25) is 0 Å². The van der Waals surface area contributed by atoms with E-state index in [-0.39, 0.29) is 5.78 Å². The van der Waals surface area contributed by atoms with E-state index < -0.39 is 0 Å². The first-order valence-corrected chi connectivity index (χ1v) is 4.48. The molecule has 0 fully saturated rings. The maximum atomic E-state index is 11.6. The molecule has 2 aromatic rings. The molecule has 0 atom stereocenters. The molecule has 0 aliphatic carbocycles. The number of carbonyl (C=O) groups excluding carboxylic acids is 1. The SMILES string of the molecule is NCCC(=O)c1cnn2ccccc12. The summed E-state index contributed by atoms with van der Waals surface area (Å²) in [5.41, 5.74) is 6.82. The molecule has 0 spiro atoms. The Bertz CT molecular complexity index is 461. The van der Waals surface area contributed by atoms with Crippen LogP contribution in [0, 0.1) is 0 Å². The number of pyridine rings is 1. The van der Waals surface area contributed by atoms with Crippen molar-refractivity contribution in [2.45, 2.75) is 6.42 Å². The van der Waals surface area contributed by atoms with Crippen molar-refractivity contribution < 1.29 is 4.79 Å². The molecule has 0 saturated carbocycles. The highest BCUT2D eigenvalue weighted by Crippen LogP contribution is 2.11. The van der Waals surface area contributed by atoms with E-state index in [2.05, 4.69) is 5.10 Å². The maximum absolute atomic E-state index is 11.6. The number of hydrogen-bond donors (Lipinski definition) is 1. The summed E-state index contributed by atoms with van der Waals surface area (Å²) in [6.45, 7) is 0.378. The number of nitrogens with zero attached hydrogens (tertiary/aromatic N) is 2. The molecular formula is C10H11N3O. The molecule has 2 aromatic heterocycles. The van der Waals surface area contributed by atoms with Gasteiger partial charge in [0.1, 0.15) is 0 Å². The van der Waals surface area contributed by atoms with Crippen LogP contribution >= 0.6 is 0 Å². The Balaban J connectivity index is 2.47. The van der Waals surface area contributed by atoms with Crippen molar-refractivity contribution in [3.63, 3.8) is 0 Å². The lowest BCUT2D eigenvalue weighted by molar-refractivity contribution is 0.0987. The van der Waals surface area contributed by atoms with Gasteiger partial charge in [-0.15, -0.1) is 0 Å². The monoisotopic (exact) mass is 189 g/mol. The van der Waals surface area contributed by atoms with E-state index >= 15 is 0 Å². The second-order valence-corrected chi connectivity index (χ2v) is 3.05. The van der Waals surface area contributed by atoms with Crippen LogP contribution in [0.1, 0.15) is 16.8 Å². The van der Waals surface area contributed by atoms with E-state index in [1.54, 1.807) is 10.7 Å². The van der Waals surface area contributed by atoms with Gasteiger partial charge in [-0.3, -0.25) is 4.79 Å². The zero-order valence-corrected chi connectivity index (χ0v) is 7.68. The van der Waals surface area contributed by atoms with Gasteiger partial charge in [0.05, 0.1) is 17.3 Å². The minimum absolute atomic E-state index is 0.0497. The Morgan fingerprint density at radius 2 is 2.36 bits per heavy atom. The van der Waals surface area contributed by atoms with Crippen LogP contribution in [0.5, 0.6) is 0 Å². The number of Topliss-reactive ketones (excluding diaryl/α,β-unsaturated/α-hetero) is 1. The number of nitrogens with two attached hydrogens (primary N) is 1. The molecule has 0 radical (unpaired) electrons. The fourth-order valence-electron chi connectivity index (χ4n) is 1.42. The largest absolute Gasteiger partial charge is 0.330 e. The topological polar surface area (TPSA) is 60.4 Å². The van der Waals surface area contributed by atoms with Gasteiger partial charge in [-0.2, -0.15) is 5.10 Å². The maximum Gasteiger partial charge on any atom is 0.167 e. The summed E-state index contributed by atoms with van der Waals surface area (Å²) >= 11 is 0. The average Bonchev–Trinajstić information content (AvgIpc) is 2.61. The summed E-state index contributed by atoms with van der Waals surface area (Å²) in [5, 5.41) is 4.08. The Morgan fingerprint density at radius 1 is 1.50 bits per heavy atom. The van der Waals surface area contributed by atoms with Gasteiger partial charge in [0, 0.05) is 12.6 Å². The van der Waals surface area contributed by atoms with E-state index in [0.29, 0.717) is 18.5 Å². The standard InChI is InChI=1S/C10H11N3O/c11-5-4-10(14)8-7-12-13-6-2-1-3-9(8)13/h1-3,6-7H,4-5,11H2. The fraction of sp³-hybridized carbons (Fsp3) is 0.200. The fourth-order valence-corrected chi connectivity index (χ4v) is 1.42.